The minimum Gasteiger partial charge on any atom is -0.481 e. The number of piperazine rings is 1. The first kappa shape index (κ1) is 14.8. The summed E-state index contributed by atoms with van der Waals surface area (Å²) in [6.07, 6.45) is 9.03. The fraction of sp³-hybridized carbons (Fsp3) is 0.933. The largest absolute Gasteiger partial charge is 0.481 e. The highest BCUT2D eigenvalue weighted by Crippen LogP contribution is 2.24. The molecule has 1 heterocycles. The summed E-state index contributed by atoms with van der Waals surface area (Å²) in [5.41, 5.74) is 0. The molecule has 1 saturated heterocycles. The van der Waals surface area contributed by atoms with Crippen LogP contribution in [-0.2, 0) is 4.79 Å². The standard InChI is InChI=1S/C15H28N2O2/c18-15(19)8-2-1-5-9-16-10-12-17(13-11-16)14-6-3-4-7-14/h14H,1-13H2,(H,18,19). The van der Waals surface area contributed by atoms with Crippen molar-refractivity contribution < 1.29 is 9.90 Å². The minimum atomic E-state index is -0.662. The number of hydrogen-bond acceptors (Lipinski definition) is 3. The maximum atomic E-state index is 10.4. The van der Waals surface area contributed by atoms with Gasteiger partial charge in [0.25, 0.3) is 0 Å². The first-order valence-corrected chi connectivity index (χ1v) is 7.94. The second-order valence-electron chi connectivity index (χ2n) is 6.02. The second kappa shape index (κ2) is 7.85. The van der Waals surface area contributed by atoms with Crippen molar-refractivity contribution in [2.45, 2.75) is 57.4 Å². The summed E-state index contributed by atoms with van der Waals surface area (Å²) in [6, 6.07) is 0.873. The average Bonchev–Trinajstić information content (AvgIpc) is 2.93. The maximum Gasteiger partial charge on any atom is 0.303 e. The van der Waals surface area contributed by atoms with Gasteiger partial charge in [0, 0.05) is 38.6 Å². The Morgan fingerprint density at radius 2 is 1.68 bits per heavy atom. The number of aliphatic carboxylic acids is 1. The predicted octanol–water partition coefficient (Wildman–Crippen LogP) is 2.19. The van der Waals surface area contributed by atoms with Crippen LogP contribution in [0.1, 0.15) is 51.4 Å². The van der Waals surface area contributed by atoms with Crippen LogP contribution in [-0.4, -0.2) is 59.6 Å². The number of carbonyl (C=O) groups is 1. The first-order chi connectivity index (χ1) is 9.25. The lowest BCUT2D eigenvalue weighted by molar-refractivity contribution is -0.137. The Morgan fingerprint density at radius 3 is 2.32 bits per heavy atom. The van der Waals surface area contributed by atoms with E-state index in [1.807, 2.05) is 0 Å². The molecule has 2 aliphatic rings. The molecule has 19 heavy (non-hydrogen) atoms. The van der Waals surface area contributed by atoms with Crippen LogP contribution in [0.4, 0.5) is 0 Å². The molecule has 1 N–H and O–H groups in total. The van der Waals surface area contributed by atoms with Crippen LogP contribution < -0.4 is 0 Å². The van der Waals surface area contributed by atoms with E-state index >= 15 is 0 Å². The summed E-state index contributed by atoms with van der Waals surface area (Å²) in [5.74, 6) is -0.662. The van der Waals surface area contributed by atoms with E-state index in [9.17, 15) is 4.79 Å². The van der Waals surface area contributed by atoms with Crippen LogP contribution >= 0.6 is 0 Å². The quantitative estimate of drug-likeness (QED) is 0.719. The zero-order chi connectivity index (χ0) is 13.5. The smallest absolute Gasteiger partial charge is 0.303 e. The summed E-state index contributed by atoms with van der Waals surface area (Å²) < 4.78 is 0. The highest BCUT2D eigenvalue weighted by atomic mass is 16.4. The summed E-state index contributed by atoms with van der Waals surface area (Å²) in [7, 11) is 0. The lowest BCUT2D eigenvalue weighted by Gasteiger charge is -2.38. The van der Waals surface area contributed by atoms with Crippen molar-refractivity contribution in [1.82, 2.24) is 9.80 Å². The zero-order valence-electron chi connectivity index (χ0n) is 12.0. The molecule has 0 aromatic heterocycles. The van der Waals surface area contributed by atoms with Gasteiger partial charge in [0.15, 0.2) is 0 Å². The number of hydrogen-bond donors (Lipinski definition) is 1. The van der Waals surface area contributed by atoms with Gasteiger partial charge in [-0.05, 0) is 32.2 Å². The summed E-state index contributed by atoms with van der Waals surface area (Å²) in [4.78, 5) is 15.6. The first-order valence-electron chi connectivity index (χ1n) is 7.94. The molecule has 2 rings (SSSR count). The van der Waals surface area contributed by atoms with Crippen LogP contribution in [0.5, 0.6) is 0 Å². The van der Waals surface area contributed by atoms with E-state index in [-0.39, 0.29) is 0 Å². The SMILES string of the molecule is O=C(O)CCCCCN1CCN(C2CCCC2)CC1. The van der Waals surface area contributed by atoms with Gasteiger partial charge in [0.1, 0.15) is 0 Å². The molecule has 4 nitrogen and oxygen atoms in total. The highest BCUT2D eigenvalue weighted by molar-refractivity contribution is 5.66. The molecular weight excluding hydrogens is 240 g/mol. The number of carboxylic acid groups (broad SMARTS) is 1. The molecule has 0 aromatic rings. The van der Waals surface area contributed by atoms with Crippen molar-refractivity contribution in [2.75, 3.05) is 32.7 Å². The molecule has 1 aliphatic carbocycles. The van der Waals surface area contributed by atoms with E-state index in [0.29, 0.717) is 6.42 Å². The van der Waals surface area contributed by atoms with Crippen LogP contribution in [0.3, 0.4) is 0 Å². The Labute approximate surface area is 116 Å². The monoisotopic (exact) mass is 268 g/mol. The summed E-state index contributed by atoms with van der Waals surface area (Å²) in [6.45, 7) is 6.03. The Bertz CT molecular complexity index is 269. The Balaban J connectivity index is 1.52. The van der Waals surface area contributed by atoms with E-state index in [1.54, 1.807) is 0 Å². The van der Waals surface area contributed by atoms with Crippen LogP contribution in [0.15, 0.2) is 0 Å². The normalized spacial score (nSPS) is 22.9. The van der Waals surface area contributed by atoms with Gasteiger partial charge in [-0.25, -0.2) is 0 Å². The molecule has 2 fully saturated rings. The Morgan fingerprint density at radius 1 is 1.00 bits per heavy atom. The van der Waals surface area contributed by atoms with E-state index in [2.05, 4.69) is 9.80 Å². The highest BCUT2D eigenvalue weighted by Gasteiger charge is 2.25. The average molecular weight is 268 g/mol. The summed E-state index contributed by atoms with van der Waals surface area (Å²) in [5, 5.41) is 8.58. The number of unbranched alkanes of at least 4 members (excludes halogenated alkanes) is 2. The third kappa shape index (κ3) is 5.11. The third-order valence-corrected chi connectivity index (χ3v) is 4.61. The summed E-state index contributed by atoms with van der Waals surface area (Å²) >= 11 is 0. The molecule has 0 amide bonds. The molecule has 1 saturated carbocycles. The molecule has 0 aromatic carbocycles. The van der Waals surface area contributed by atoms with Gasteiger partial charge in [-0.3, -0.25) is 9.69 Å². The van der Waals surface area contributed by atoms with Gasteiger partial charge in [0.2, 0.25) is 0 Å². The molecule has 4 heteroatoms. The van der Waals surface area contributed by atoms with Gasteiger partial charge in [0.05, 0.1) is 0 Å². The molecular formula is C15H28N2O2. The van der Waals surface area contributed by atoms with Crippen molar-refractivity contribution in [3.8, 4) is 0 Å². The molecule has 1 aliphatic heterocycles. The lowest BCUT2D eigenvalue weighted by atomic mass is 10.1. The molecule has 0 spiro atoms. The fourth-order valence-corrected chi connectivity index (χ4v) is 3.41. The number of carboxylic acids is 1. The van der Waals surface area contributed by atoms with Crippen molar-refractivity contribution in [3.05, 3.63) is 0 Å². The minimum absolute atomic E-state index is 0.329. The molecule has 0 unspecified atom stereocenters. The van der Waals surface area contributed by atoms with E-state index in [0.717, 1.165) is 31.8 Å². The number of nitrogens with zero attached hydrogens (tertiary/aromatic N) is 2. The maximum absolute atomic E-state index is 10.4. The molecule has 110 valence electrons. The van der Waals surface area contributed by atoms with Crippen molar-refractivity contribution >= 4 is 5.97 Å². The third-order valence-electron chi connectivity index (χ3n) is 4.61. The van der Waals surface area contributed by atoms with Gasteiger partial charge in [-0.2, -0.15) is 0 Å². The topological polar surface area (TPSA) is 43.8 Å². The van der Waals surface area contributed by atoms with Gasteiger partial charge in [-0.15, -0.1) is 0 Å². The van der Waals surface area contributed by atoms with Crippen LogP contribution in [0.2, 0.25) is 0 Å². The fourth-order valence-electron chi connectivity index (χ4n) is 3.41. The van der Waals surface area contributed by atoms with Crippen molar-refractivity contribution in [2.24, 2.45) is 0 Å². The van der Waals surface area contributed by atoms with Crippen LogP contribution in [0.25, 0.3) is 0 Å². The van der Waals surface area contributed by atoms with Crippen LogP contribution in [0, 0.1) is 0 Å². The van der Waals surface area contributed by atoms with Gasteiger partial charge >= 0.3 is 5.97 Å². The zero-order valence-corrected chi connectivity index (χ0v) is 12.0. The molecule has 0 atom stereocenters. The van der Waals surface area contributed by atoms with E-state index in [4.69, 9.17) is 5.11 Å². The van der Waals surface area contributed by atoms with Crippen molar-refractivity contribution in [1.29, 1.82) is 0 Å². The Kier molecular flexibility index (Phi) is 6.11. The van der Waals surface area contributed by atoms with E-state index in [1.165, 1.54) is 51.9 Å². The lowest BCUT2D eigenvalue weighted by Crippen LogP contribution is -2.49. The molecule has 0 bridgehead atoms. The van der Waals surface area contributed by atoms with Crippen molar-refractivity contribution in [3.63, 3.8) is 0 Å². The van der Waals surface area contributed by atoms with Gasteiger partial charge < -0.3 is 10.0 Å². The van der Waals surface area contributed by atoms with Gasteiger partial charge in [-0.1, -0.05) is 19.3 Å². The molecule has 0 radical (unpaired) electrons. The second-order valence-corrected chi connectivity index (χ2v) is 6.02. The van der Waals surface area contributed by atoms with E-state index < -0.39 is 5.97 Å². The predicted molar refractivity (Wildman–Crippen MR) is 76.4 cm³/mol. The number of rotatable bonds is 7. The Hall–Kier alpha value is -0.610.